The molecule has 0 unspecified atom stereocenters. The van der Waals surface area contributed by atoms with Crippen LogP contribution >= 0.6 is 0 Å². The molecule has 15 heavy (non-hydrogen) atoms. The van der Waals surface area contributed by atoms with Gasteiger partial charge in [0.1, 0.15) is 0 Å². The number of unbranched alkanes of at least 4 members (excludes halogenated alkanes) is 1. The number of urea groups is 1. The first-order valence-corrected chi connectivity index (χ1v) is 5.84. The second kappa shape index (κ2) is 6.70. The van der Waals surface area contributed by atoms with Crippen molar-refractivity contribution < 1.29 is 4.79 Å². The normalized spacial score (nSPS) is 11.3. The Morgan fingerprint density at radius 1 is 1.27 bits per heavy atom. The summed E-state index contributed by atoms with van der Waals surface area (Å²) in [6.07, 6.45) is 4.72. The topological polar surface area (TPSA) is 32.3 Å². The molecule has 0 heterocycles. The smallest absolute Gasteiger partial charge is 0.316 e. The maximum absolute atomic E-state index is 11.2. The SMILES string of the molecule is CCC(C)(C)CCCCNC(=O)N(C)C. The van der Waals surface area contributed by atoms with Gasteiger partial charge in [-0.15, -0.1) is 0 Å². The quantitative estimate of drug-likeness (QED) is 0.677. The van der Waals surface area contributed by atoms with Crippen LogP contribution in [0, 0.1) is 5.41 Å². The summed E-state index contributed by atoms with van der Waals surface area (Å²) in [6, 6.07) is 0.00440. The van der Waals surface area contributed by atoms with E-state index in [9.17, 15) is 4.79 Å². The zero-order valence-corrected chi connectivity index (χ0v) is 10.9. The standard InChI is InChI=1S/C12H26N2O/c1-6-12(2,3)9-7-8-10-13-11(15)14(4)5/h6-10H2,1-5H3,(H,13,15). The van der Waals surface area contributed by atoms with Crippen LogP contribution in [-0.2, 0) is 0 Å². The van der Waals surface area contributed by atoms with E-state index in [0.717, 1.165) is 13.0 Å². The lowest BCUT2D eigenvalue weighted by Crippen LogP contribution is -2.35. The number of amides is 2. The largest absolute Gasteiger partial charge is 0.338 e. The van der Waals surface area contributed by atoms with Gasteiger partial charge in [-0.25, -0.2) is 4.79 Å². The lowest BCUT2D eigenvalue weighted by Gasteiger charge is -2.22. The third kappa shape index (κ3) is 7.23. The Morgan fingerprint density at radius 2 is 1.87 bits per heavy atom. The highest BCUT2D eigenvalue weighted by Crippen LogP contribution is 2.26. The summed E-state index contributed by atoms with van der Waals surface area (Å²) < 4.78 is 0. The van der Waals surface area contributed by atoms with Gasteiger partial charge in [-0.1, -0.05) is 33.6 Å². The molecule has 0 bridgehead atoms. The molecule has 0 aromatic rings. The second-order valence-corrected chi connectivity index (χ2v) is 5.10. The third-order valence-electron chi connectivity index (χ3n) is 2.92. The Bertz CT molecular complexity index is 188. The fraction of sp³-hybridized carbons (Fsp3) is 0.917. The average molecular weight is 214 g/mol. The van der Waals surface area contributed by atoms with Crippen LogP contribution in [0.5, 0.6) is 0 Å². The van der Waals surface area contributed by atoms with E-state index in [4.69, 9.17) is 0 Å². The Balaban J connectivity index is 3.44. The lowest BCUT2D eigenvalue weighted by atomic mass is 9.85. The molecule has 0 aliphatic carbocycles. The molecular formula is C12H26N2O. The number of nitrogens with zero attached hydrogens (tertiary/aromatic N) is 1. The highest BCUT2D eigenvalue weighted by atomic mass is 16.2. The molecule has 1 N–H and O–H groups in total. The molecule has 0 spiro atoms. The molecule has 0 aliphatic rings. The van der Waals surface area contributed by atoms with Crippen LogP contribution in [0.1, 0.15) is 46.5 Å². The van der Waals surface area contributed by atoms with E-state index in [1.54, 1.807) is 19.0 Å². The van der Waals surface area contributed by atoms with Crippen molar-refractivity contribution in [2.45, 2.75) is 46.5 Å². The van der Waals surface area contributed by atoms with Crippen molar-refractivity contribution in [1.29, 1.82) is 0 Å². The predicted molar refractivity (Wildman–Crippen MR) is 65.0 cm³/mol. The first-order valence-electron chi connectivity index (χ1n) is 5.84. The number of hydrogen-bond donors (Lipinski definition) is 1. The van der Waals surface area contributed by atoms with Crippen molar-refractivity contribution >= 4 is 6.03 Å². The summed E-state index contributed by atoms with van der Waals surface area (Å²) in [6.45, 7) is 7.61. The number of nitrogens with one attached hydrogen (secondary N) is 1. The van der Waals surface area contributed by atoms with Gasteiger partial charge in [-0.2, -0.15) is 0 Å². The first kappa shape index (κ1) is 14.3. The van der Waals surface area contributed by atoms with E-state index >= 15 is 0 Å². The number of carbonyl (C=O) groups excluding carboxylic acids is 1. The van der Waals surface area contributed by atoms with Crippen molar-refractivity contribution in [1.82, 2.24) is 10.2 Å². The van der Waals surface area contributed by atoms with Crippen LogP contribution < -0.4 is 5.32 Å². The maximum atomic E-state index is 11.2. The van der Waals surface area contributed by atoms with Crippen molar-refractivity contribution in [3.05, 3.63) is 0 Å². The molecule has 0 aromatic carbocycles. The summed E-state index contributed by atoms with van der Waals surface area (Å²) in [5, 5.41) is 2.87. The van der Waals surface area contributed by atoms with Crippen LogP contribution in [0.3, 0.4) is 0 Å². The van der Waals surface area contributed by atoms with Gasteiger partial charge >= 0.3 is 6.03 Å². The fourth-order valence-electron chi connectivity index (χ4n) is 1.26. The molecule has 0 aromatic heterocycles. The molecule has 3 heteroatoms. The van der Waals surface area contributed by atoms with E-state index in [1.807, 2.05) is 0 Å². The average Bonchev–Trinajstić information content (AvgIpc) is 2.16. The fourth-order valence-corrected chi connectivity index (χ4v) is 1.26. The molecule has 0 radical (unpaired) electrons. The van der Waals surface area contributed by atoms with Gasteiger partial charge in [0.05, 0.1) is 0 Å². The van der Waals surface area contributed by atoms with Gasteiger partial charge in [0.15, 0.2) is 0 Å². The number of hydrogen-bond acceptors (Lipinski definition) is 1. The highest BCUT2D eigenvalue weighted by Gasteiger charge is 2.13. The molecule has 0 fully saturated rings. The van der Waals surface area contributed by atoms with Gasteiger partial charge in [0.2, 0.25) is 0 Å². The first-order chi connectivity index (χ1) is 6.89. The number of rotatable bonds is 6. The van der Waals surface area contributed by atoms with Crippen LogP contribution in [0.2, 0.25) is 0 Å². The molecule has 0 rings (SSSR count). The Kier molecular flexibility index (Phi) is 6.37. The molecule has 0 atom stereocenters. The van der Waals surface area contributed by atoms with Gasteiger partial charge in [0, 0.05) is 20.6 Å². The van der Waals surface area contributed by atoms with E-state index < -0.39 is 0 Å². The van der Waals surface area contributed by atoms with Gasteiger partial charge < -0.3 is 10.2 Å². The zero-order chi connectivity index (χ0) is 11.9. The summed E-state index contributed by atoms with van der Waals surface area (Å²) in [4.78, 5) is 12.7. The van der Waals surface area contributed by atoms with Gasteiger partial charge in [-0.3, -0.25) is 0 Å². The van der Waals surface area contributed by atoms with Crippen LogP contribution in [0.15, 0.2) is 0 Å². The third-order valence-corrected chi connectivity index (χ3v) is 2.92. The second-order valence-electron chi connectivity index (χ2n) is 5.10. The Labute approximate surface area is 94.2 Å². The van der Waals surface area contributed by atoms with E-state index in [-0.39, 0.29) is 6.03 Å². The Morgan fingerprint density at radius 3 is 2.33 bits per heavy atom. The van der Waals surface area contributed by atoms with E-state index in [0.29, 0.717) is 5.41 Å². The minimum Gasteiger partial charge on any atom is -0.338 e. The summed E-state index contributed by atoms with van der Waals surface area (Å²) >= 11 is 0. The molecule has 90 valence electrons. The minimum atomic E-state index is 0.00440. The van der Waals surface area contributed by atoms with Crippen LogP contribution in [-0.4, -0.2) is 31.6 Å². The molecule has 2 amide bonds. The highest BCUT2D eigenvalue weighted by molar-refractivity contribution is 5.73. The minimum absolute atomic E-state index is 0.00440. The van der Waals surface area contributed by atoms with Crippen LogP contribution in [0.4, 0.5) is 4.79 Å². The summed E-state index contributed by atoms with van der Waals surface area (Å²) in [7, 11) is 3.52. The monoisotopic (exact) mass is 214 g/mol. The van der Waals surface area contributed by atoms with E-state index in [1.165, 1.54) is 19.3 Å². The molecule has 0 saturated carbocycles. The van der Waals surface area contributed by atoms with Crippen molar-refractivity contribution in [3.8, 4) is 0 Å². The molecule has 0 saturated heterocycles. The molecule has 3 nitrogen and oxygen atoms in total. The lowest BCUT2D eigenvalue weighted by molar-refractivity contribution is 0.217. The number of carbonyl (C=O) groups is 1. The maximum Gasteiger partial charge on any atom is 0.316 e. The van der Waals surface area contributed by atoms with Crippen molar-refractivity contribution in [2.24, 2.45) is 5.41 Å². The van der Waals surface area contributed by atoms with Gasteiger partial charge in [-0.05, 0) is 18.3 Å². The van der Waals surface area contributed by atoms with Gasteiger partial charge in [0.25, 0.3) is 0 Å². The zero-order valence-electron chi connectivity index (χ0n) is 10.9. The van der Waals surface area contributed by atoms with Crippen molar-refractivity contribution in [2.75, 3.05) is 20.6 Å². The van der Waals surface area contributed by atoms with Crippen LogP contribution in [0.25, 0.3) is 0 Å². The summed E-state index contributed by atoms with van der Waals surface area (Å²) in [5.41, 5.74) is 0.450. The Hall–Kier alpha value is -0.730. The van der Waals surface area contributed by atoms with E-state index in [2.05, 4.69) is 26.1 Å². The summed E-state index contributed by atoms with van der Waals surface area (Å²) in [5.74, 6) is 0. The molecular weight excluding hydrogens is 188 g/mol. The van der Waals surface area contributed by atoms with Crippen molar-refractivity contribution in [3.63, 3.8) is 0 Å². The molecule has 0 aliphatic heterocycles. The predicted octanol–water partition coefficient (Wildman–Crippen LogP) is 2.86.